The van der Waals surface area contributed by atoms with Crippen LogP contribution >= 0.6 is 11.6 Å². The number of nitrogens with one attached hydrogen (secondary N) is 1. The van der Waals surface area contributed by atoms with Crippen molar-refractivity contribution in [2.75, 3.05) is 46.1 Å². The number of rotatable bonds is 13. The van der Waals surface area contributed by atoms with Gasteiger partial charge in [0.05, 0.1) is 5.52 Å². The standard InChI is InChI=1S/C43H65ClN4O4/c1-27(11-9-21-48(8)22-10-19-45-37-17-20-46-38-25-31(44)12-13-33(37)38)34-14-15-35-41-36(26-40(43(34,35)5)52-29(3)50)42(4)18-16-32(47(6)7)23-30(42)24-39(41)51-28(2)49/h12-13,17,20,25,27,30,32,34-36,39-41H,9-11,14-16,18-19,21-24,26H2,1-8H3,(H,45,46)/t27-,30+,32-,34-,35+,36+,39-,40+,41+,42+,43-/m1/s1. The third-order valence-electron chi connectivity index (χ3n) is 14.8. The second kappa shape index (κ2) is 16.1. The molecule has 0 bridgehead atoms. The lowest BCUT2D eigenvalue weighted by Gasteiger charge is -2.64. The summed E-state index contributed by atoms with van der Waals surface area (Å²) in [6.07, 6.45) is 12.7. The van der Waals surface area contributed by atoms with Crippen LogP contribution < -0.4 is 5.32 Å². The Morgan fingerprint density at radius 3 is 2.46 bits per heavy atom. The van der Waals surface area contributed by atoms with E-state index in [4.69, 9.17) is 21.1 Å². The van der Waals surface area contributed by atoms with Crippen molar-refractivity contribution in [3.05, 3.63) is 35.5 Å². The molecule has 52 heavy (non-hydrogen) atoms. The van der Waals surface area contributed by atoms with Gasteiger partial charge in [-0.05, 0) is 158 Å². The fourth-order valence-corrected chi connectivity index (χ4v) is 12.3. The summed E-state index contributed by atoms with van der Waals surface area (Å²) in [6, 6.07) is 8.46. The van der Waals surface area contributed by atoms with Crippen LogP contribution in [0.1, 0.15) is 98.8 Å². The number of carbonyl (C=O) groups excluding carboxylic acids is 2. The van der Waals surface area contributed by atoms with Gasteiger partial charge in [-0.25, -0.2) is 0 Å². The number of ether oxygens (including phenoxy) is 2. The van der Waals surface area contributed by atoms with Gasteiger partial charge in [-0.15, -0.1) is 0 Å². The van der Waals surface area contributed by atoms with Gasteiger partial charge in [0.25, 0.3) is 0 Å². The number of nitrogens with zero attached hydrogens (tertiary/aromatic N) is 3. The fourth-order valence-electron chi connectivity index (χ4n) is 12.1. The largest absolute Gasteiger partial charge is 0.462 e. The maximum atomic E-state index is 12.8. The summed E-state index contributed by atoms with van der Waals surface area (Å²) in [6.45, 7) is 13.6. The zero-order valence-electron chi connectivity index (χ0n) is 33.1. The Balaban J connectivity index is 1.09. The van der Waals surface area contributed by atoms with Crippen LogP contribution in [0, 0.1) is 46.3 Å². The van der Waals surface area contributed by atoms with Crippen molar-refractivity contribution in [1.29, 1.82) is 0 Å². The van der Waals surface area contributed by atoms with Crippen molar-refractivity contribution in [3.8, 4) is 0 Å². The van der Waals surface area contributed by atoms with Crippen LogP contribution in [-0.4, -0.2) is 85.7 Å². The van der Waals surface area contributed by atoms with E-state index in [1.165, 1.54) is 12.8 Å². The second-order valence-corrected chi connectivity index (χ2v) is 18.3. The molecule has 1 aromatic carbocycles. The second-order valence-electron chi connectivity index (χ2n) is 17.9. The highest BCUT2D eigenvalue weighted by Gasteiger charge is 2.67. The molecule has 4 fully saturated rings. The summed E-state index contributed by atoms with van der Waals surface area (Å²) in [4.78, 5) is 34.7. The predicted octanol–water partition coefficient (Wildman–Crippen LogP) is 8.71. The lowest BCUT2D eigenvalue weighted by atomic mass is 9.43. The van der Waals surface area contributed by atoms with Crippen LogP contribution in [0.3, 0.4) is 0 Å². The van der Waals surface area contributed by atoms with Gasteiger partial charge >= 0.3 is 11.9 Å². The highest BCUT2D eigenvalue weighted by Crippen LogP contribution is 2.69. The zero-order valence-corrected chi connectivity index (χ0v) is 33.9. The molecule has 0 saturated heterocycles. The lowest BCUT2D eigenvalue weighted by Crippen LogP contribution is -2.63. The predicted molar refractivity (Wildman–Crippen MR) is 210 cm³/mol. The van der Waals surface area contributed by atoms with Gasteiger partial charge in [0, 0.05) is 60.1 Å². The van der Waals surface area contributed by atoms with Crippen molar-refractivity contribution in [2.45, 2.75) is 117 Å². The monoisotopic (exact) mass is 736 g/mol. The molecule has 0 spiro atoms. The Morgan fingerprint density at radius 1 is 0.981 bits per heavy atom. The van der Waals surface area contributed by atoms with Gasteiger partial charge in [0.1, 0.15) is 12.2 Å². The average molecular weight is 737 g/mol. The van der Waals surface area contributed by atoms with E-state index in [1.54, 1.807) is 13.8 Å². The van der Waals surface area contributed by atoms with E-state index in [9.17, 15) is 9.59 Å². The van der Waals surface area contributed by atoms with Crippen LogP contribution in [0.25, 0.3) is 10.9 Å². The van der Waals surface area contributed by atoms with E-state index in [2.05, 4.69) is 62.0 Å². The Labute approximate surface area is 318 Å². The van der Waals surface area contributed by atoms with Gasteiger partial charge < -0.3 is 24.6 Å². The molecular formula is C43H65ClN4O4. The molecule has 4 saturated carbocycles. The number of aromatic nitrogens is 1. The van der Waals surface area contributed by atoms with Crippen LogP contribution in [-0.2, 0) is 19.1 Å². The van der Waals surface area contributed by atoms with Gasteiger partial charge in [0.15, 0.2) is 0 Å². The quantitative estimate of drug-likeness (QED) is 0.162. The molecule has 0 radical (unpaired) electrons. The van der Waals surface area contributed by atoms with Crippen molar-refractivity contribution in [2.24, 2.45) is 46.3 Å². The van der Waals surface area contributed by atoms with E-state index in [1.807, 2.05) is 30.5 Å². The average Bonchev–Trinajstić information content (AvgIpc) is 3.44. The first-order valence-electron chi connectivity index (χ1n) is 20.2. The number of anilines is 1. The number of esters is 2. The van der Waals surface area contributed by atoms with Crippen molar-refractivity contribution < 1.29 is 19.1 Å². The molecule has 0 aliphatic heterocycles. The minimum Gasteiger partial charge on any atom is -0.462 e. The van der Waals surface area contributed by atoms with Gasteiger partial charge in [-0.1, -0.05) is 32.4 Å². The molecule has 8 nitrogen and oxygen atoms in total. The van der Waals surface area contributed by atoms with Crippen LogP contribution in [0.15, 0.2) is 30.5 Å². The lowest BCUT2D eigenvalue weighted by molar-refractivity contribution is -0.222. The van der Waals surface area contributed by atoms with Crippen molar-refractivity contribution >= 4 is 40.1 Å². The third kappa shape index (κ3) is 7.86. The maximum absolute atomic E-state index is 12.8. The first-order chi connectivity index (χ1) is 24.7. The Morgan fingerprint density at radius 2 is 1.73 bits per heavy atom. The molecule has 1 N–H and O–H groups in total. The molecule has 0 amide bonds. The minimum absolute atomic E-state index is 0.0583. The number of halogens is 1. The summed E-state index contributed by atoms with van der Waals surface area (Å²) >= 11 is 6.17. The highest BCUT2D eigenvalue weighted by molar-refractivity contribution is 6.31. The minimum atomic E-state index is -0.162. The summed E-state index contributed by atoms with van der Waals surface area (Å²) in [5.41, 5.74) is 2.04. The van der Waals surface area contributed by atoms with E-state index < -0.39 is 0 Å². The van der Waals surface area contributed by atoms with Crippen LogP contribution in [0.5, 0.6) is 0 Å². The molecule has 1 aromatic heterocycles. The maximum Gasteiger partial charge on any atom is 0.302 e. The smallest absolute Gasteiger partial charge is 0.302 e. The summed E-state index contributed by atoms with van der Waals surface area (Å²) in [5.74, 6) is 2.24. The van der Waals surface area contributed by atoms with E-state index in [0.717, 1.165) is 87.6 Å². The fraction of sp³-hybridized carbons (Fsp3) is 0.744. The first-order valence-corrected chi connectivity index (χ1v) is 20.6. The highest BCUT2D eigenvalue weighted by atomic mass is 35.5. The first kappa shape index (κ1) is 39.3. The van der Waals surface area contributed by atoms with E-state index >= 15 is 0 Å². The number of hydrogen-bond donors (Lipinski definition) is 1. The Hall–Kier alpha value is -2.42. The third-order valence-corrected chi connectivity index (χ3v) is 15.0. The summed E-state index contributed by atoms with van der Waals surface area (Å²) < 4.78 is 12.7. The number of pyridine rings is 1. The SMILES string of the molecule is CC(=O)O[C@H]1C[C@H]2[C@@H]([C@H](OC(C)=O)C[C@@H]3C[C@H](N(C)C)CC[C@@]32C)[C@@H]2CC[C@H]([C@H](C)CCCN(C)CCCNc3ccnc4cc(Cl)ccc34)[C@@]12C. The molecule has 1 heterocycles. The van der Waals surface area contributed by atoms with Gasteiger partial charge in [-0.2, -0.15) is 0 Å². The molecule has 6 rings (SSSR count). The summed E-state index contributed by atoms with van der Waals surface area (Å²) in [7, 11) is 6.63. The molecular weight excluding hydrogens is 672 g/mol. The number of fused-ring (bicyclic) bond motifs is 6. The Kier molecular flexibility index (Phi) is 12.2. The molecule has 0 unspecified atom stereocenters. The van der Waals surface area contributed by atoms with Crippen LogP contribution in [0.2, 0.25) is 5.02 Å². The van der Waals surface area contributed by atoms with Gasteiger partial charge in [-0.3, -0.25) is 14.6 Å². The van der Waals surface area contributed by atoms with Crippen molar-refractivity contribution in [1.82, 2.24) is 14.8 Å². The molecule has 4 aliphatic carbocycles. The zero-order chi connectivity index (χ0) is 37.4. The number of benzene rings is 1. The van der Waals surface area contributed by atoms with E-state index in [0.29, 0.717) is 46.6 Å². The molecule has 11 atom stereocenters. The van der Waals surface area contributed by atoms with E-state index in [-0.39, 0.29) is 35.0 Å². The molecule has 2 aromatic rings. The Bertz CT molecular complexity index is 1570. The van der Waals surface area contributed by atoms with Crippen LogP contribution in [0.4, 0.5) is 5.69 Å². The van der Waals surface area contributed by atoms with Gasteiger partial charge in [0.2, 0.25) is 0 Å². The molecule has 9 heteroatoms. The van der Waals surface area contributed by atoms with Crippen molar-refractivity contribution in [3.63, 3.8) is 0 Å². The number of carbonyl (C=O) groups is 2. The molecule has 4 aliphatic rings. The topological polar surface area (TPSA) is 84.0 Å². The summed E-state index contributed by atoms with van der Waals surface area (Å²) in [5, 5.41) is 5.40. The molecule has 288 valence electrons. The number of hydrogen-bond acceptors (Lipinski definition) is 8. The normalized spacial score (nSPS) is 34.8.